The highest BCUT2D eigenvalue weighted by molar-refractivity contribution is 6.21. The fraction of sp³-hybridized carbons (Fsp3) is 0.190. The van der Waals surface area contributed by atoms with Crippen LogP contribution in [-0.2, 0) is 14.3 Å². The number of nitrogens with one attached hydrogen (secondary N) is 2. The molecule has 0 fully saturated rings. The predicted octanol–water partition coefficient (Wildman–Crippen LogP) is 1.12. The number of fused-ring (bicyclic) bond motifs is 1. The third kappa shape index (κ3) is 5.01. The van der Waals surface area contributed by atoms with Crippen molar-refractivity contribution in [1.29, 1.82) is 0 Å². The van der Waals surface area contributed by atoms with Gasteiger partial charge in [-0.25, -0.2) is 4.79 Å². The molecule has 3 rings (SSSR count). The van der Waals surface area contributed by atoms with E-state index in [4.69, 9.17) is 4.74 Å². The largest absolute Gasteiger partial charge is 0.454 e. The monoisotopic (exact) mass is 454 g/mol. The highest BCUT2D eigenvalue weighted by Gasteiger charge is 2.32. The predicted molar refractivity (Wildman–Crippen MR) is 112 cm³/mol. The number of ether oxygens (including phenoxy) is 1. The molecule has 170 valence electrons. The molecule has 2 N–H and O–H groups in total. The van der Waals surface area contributed by atoms with Gasteiger partial charge in [-0.15, -0.1) is 0 Å². The minimum absolute atomic E-state index is 0.0168. The van der Waals surface area contributed by atoms with Crippen molar-refractivity contribution >= 4 is 41.0 Å². The summed E-state index contributed by atoms with van der Waals surface area (Å²) in [4.78, 5) is 71.4. The molecule has 0 unspecified atom stereocenters. The molecule has 0 saturated carbocycles. The third-order valence-electron chi connectivity index (χ3n) is 4.74. The number of hydrogen-bond donors (Lipinski definition) is 2. The second-order valence-electron chi connectivity index (χ2n) is 7.09. The Labute approximate surface area is 186 Å². The summed E-state index contributed by atoms with van der Waals surface area (Å²) in [6, 6.07) is 8.02. The number of esters is 1. The van der Waals surface area contributed by atoms with Crippen LogP contribution in [0.2, 0.25) is 0 Å². The van der Waals surface area contributed by atoms with Crippen molar-refractivity contribution in [2.75, 3.05) is 19.0 Å². The SMILES string of the molecule is C[C@H](NC(=O)c1cccc([N+](=O)[O-])c1)C(=O)OCC(=O)Nc1ccc2c(c1)C(=O)N(C)C2=O. The molecule has 0 bridgehead atoms. The van der Waals surface area contributed by atoms with Gasteiger partial charge >= 0.3 is 5.97 Å². The van der Waals surface area contributed by atoms with Gasteiger partial charge in [0.2, 0.25) is 0 Å². The van der Waals surface area contributed by atoms with Crippen LogP contribution in [0.4, 0.5) is 11.4 Å². The number of rotatable bonds is 7. The summed E-state index contributed by atoms with van der Waals surface area (Å²) in [5.41, 5.74) is 0.309. The Morgan fingerprint density at radius 2 is 1.79 bits per heavy atom. The second kappa shape index (κ2) is 9.26. The lowest BCUT2D eigenvalue weighted by Crippen LogP contribution is -2.40. The number of benzene rings is 2. The van der Waals surface area contributed by atoms with Gasteiger partial charge in [0.15, 0.2) is 6.61 Å². The van der Waals surface area contributed by atoms with Gasteiger partial charge in [-0.3, -0.25) is 34.2 Å². The summed E-state index contributed by atoms with van der Waals surface area (Å²) in [5.74, 6) is -3.27. The highest BCUT2D eigenvalue weighted by atomic mass is 16.6. The molecule has 12 nitrogen and oxygen atoms in total. The normalized spacial score (nSPS) is 13.2. The number of carbonyl (C=O) groups excluding carboxylic acids is 5. The topological polar surface area (TPSA) is 165 Å². The zero-order chi connectivity index (χ0) is 24.3. The van der Waals surface area contributed by atoms with E-state index < -0.39 is 47.2 Å². The number of non-ortho nitro benzene ring substituents is 1. The van der Waals surface area contributed by atoms with Crippen LogP contribution in [0.1, 0.15) is 38.0 Å². The Balaban J connectivity index is 1.52. The van der Waals surface area contributed by atoms with E-state index in [1.54, 1.807) is 0 Å². The van der Waals surface area contributed by atoms with E-state index >= 15 is 0 Å². The highest BCUT2D eigenvalue weighted by Crippen LogP contribution is 2.24. The van der Waals surface area contributed by atoms with E-state index in [1.165, 1.54) is 50.4 Å². The van der Waals surface area contributed by atoms with Crippen LogP contribution in [0.5, 0.6) is 0 Å². The lowest BCUT2D eigenvalue weighted by Gasteiger charge is -2.13. The summed E-state index contributed by atoms with van der Waals surface area (Å²) in [7, 11) is 1.35. The number of imide groups is 1. The van der Waals surface area contributed by atoms with Crippen LogP contribution in [0, 0.1) is 10.1 Å². The third-order valence-corrected chi connectivity index (χ3v) is 4.74. The molecule has 12 heteroatoms. The van der Waals surface area contributed by atoms with Crippen LogP contribution < -0.4 is 10.6 Å². The van der Waals surface area contributed by atoms with Gasteiger partial charge in [-0.2, -0.15) is 0 Å². The van der Waals surface area contributed by atoms with Crippen molar-refractivity contribution in [2.45, 2.75) is 13.0 Å². The number of nitrogens with zero attached hydrogens (tertiary/aromatic N) is 2. The second-order valence-corrected chi connectivity index (χ2v) is 7.09. The molecule has 1 aliphatic rings. The maximum atomic E-state index is 12.2. The average molecular weight is 454 g/mol. The minimum Gasteiger partial charge on any atom is -0.454 e. The average Bonchev–Trinajstić information content (AvgIpc) is 3.01. The van der Waals surface area contributed by atoms with E-state index in [9.17, 15) is 34.1 Å². The maximum absolute atomic E-state index is 12.2. The number of hydrogen-bond acceptors (Lipinski definition) is 8. The van der Waals surface area contributed by atoms with E-state index in [2.05, 4.69) is 10.6 Å². The standard InChI is InChI=1S/C21H18N4O8/c1-11(22-18(27)12-4-3-5-14(8-12)25(31)32)21(30)33-10-17(26)23-13-6-7-15-16(9-13)20(29)24(2)19(15)28/h3-9,11H,10H2,1-2H3,(H,22,27)(H,23,26)/t11-/m0/s1. The quantitative estimate of drug-likeness (QED) is 0.272. The van der Waals surface area contributed by atoms with Crippen molar-refractivity contribution in [2.24, 2.45) is 0 Å². The number of nitro groups is 1. The van der Waals surface area contributed by atoms with E-state index in [0.29, 0.717) is 0 Å². The zero-order valence-corrected chi connectivity index (χ0v) is 17.5. The number of anilines is 1. The Kier molecular flexibility index (Phi) is 6.47. The maximum Gasteiger partial charge on any atom is 0.328 e. The van der Waals surface area contributed by atoms with Gasteiger partial charge in [-0.05, 0) is 31.2 Å². The van der Waals surface area contributed by atoms with Crippen molar-refractivity contribution < 1.29 is 33.6 Å². The van der Waals surface area contributed by atoms with Gasteiger partial charge in [0.05, 0.1) is 16.1 Å². The first-order valence-electron chi connectivity index (χ1n) is 9.56. The molecular weight excluding hydrogens is 436 g/mol. The van der Waals surface area contributed by atoms with Crippen LogP contribution in [-0.4, -0.2) is 59.1 Å². The Morgan fingerprint density at radius 3 is 2.48 bits per heavy atom. The summed E-state index contributed by atoms with van der Waals surface area (Å²) in [6.07, 6.45) is 0. The van der Waals surface area contributed by atoms with Gasteiger partial charge in [0.25, 0.3) is 29.3 Å². The molecule has 0 saturated heterocycles. The number of carbonyl (C=O) groups is 5. The van der Waals surface area contributed by atoms with Crippen molar-refractivity contribution in [3.05, 3.63) is 69.3 Å². The summed E-state index contributed by atoms with van der Waals surface area (Å²) in [6.45, 7) is 0.662. The molecule has 0 radical (unpaired) electrons. The lowest BCUT2D eigenvalue weighted by atomic mass is 10.1. The minimum atomic E-state index is -1.14. The van der Waals surface area contributed by atoms with Crippen molar-refractivity contribution in [3.63, 3.8) is 0 Å². The summed E-state index contributed by atoms with van der Waals surface area (Å²) >= 11 is 0. The Morgan fingerprint density at radius 1 is 1.09 bits per heavy atom. The van der Waals surface area contributed by atoms with Gasteiger partial charge in [0, 0.05) is 30.4 Å². The fourth-order valence-electron chi connectivity index (χ4n) is 3.00. The van der Waals surface area contributed by atoms with Gasteiger partial charge in [0.1, 0.15) is 6.04 Å². The lowest BCUT2D eigenvalue weighted by molar-refractivity contribution is -0.384. The van der Waals surface area contributed by atoms with E-state index in [0.717, 1.165) is 11.0 Å². The summed E-state index contributed by atoms with van der Waals surface area (Å²) < 4.78 is 4.88. The molecule has 0 aromatic heterocycles. The molecule has 1 atom stereocenters. The Bertz CT molecular complexity index is 1190. The fourth-order valence-corrected chi connectivity index (χ4v) is 3.00. The first kappa shape index (κ1) is 23.1. The van der Waals surface area contributed by atoms with Crippen LogP contribution in [0.25, 0.3) is 0 Å². The van der Waals surface area contributed by atoms with E-state index in [-0.39, 0.29) is 28.1 Å². The molecule has 4 amide bonds. The number of amides is 4. The van der Waals surface area contributed by atoms with Gasteiger partial charge < -0.3 is 15.4 Å². The zero-order valence-electron chi connectivity index (χ0n) is 17.5. The number of nitro benzene ring substituents is 1. The molecule has 33 heavy (non-hydrogen) atoms. The van der Waals surface area contributed by atoms with Crippen LogP contribution in [0.3, 0.4) is 0 Å². The van der Waals surface area contributed by atoms with Crippen LogP contribution >= 0.6 is 0 Å². The summed E-state index contributed by atoms with van der Waals surface area (Å²) in [5, 5.41) is 15.6. The van der Waals surface area contributed by atoms with Gasteiger partial charge in [-0.1, -0.05) is 6.07 Å². The molecule has 1 aliphatic heterocycles. The molecular formula is C21H18N4O8. The molecule has 0 aliphatic carbocycles. The first-order valence-corrected chi connectivity index (χ1v) is 9.56. The van der Waals surface area contributed by atoms with Crippen molar-refractivity contribution in [1.82, 2.24) is 10.2 Å². The molecule has 2 aromatic rings. The first-order chi connectivity index (χ1) is 15.6. The van der Waals surface area contributed by atoms with E-state index in [1.807, 2.05) is 0 Å². The molecule has 1 heterocycles. The van der Waals surface area contributed by atoms with Crippen LogP contribution in [0.15, 0.2) is 42.5 Å². The molecule has 2 aromatic carbocycles. The smallest absolute Gasteiger partial charge is 0.328 e. The molecule has 0 spiro atoms. The Hall–Kier alpha value is -4.61. The van der Waals surface area contributed by atoms with Crippen molar-refractivity contribution in [3.8, 4) is 0 Å².